The number of nitrogens with zero attached hydrogens (tertiary/aromatic N) is 4. The van der Waals surface area contributed by atoms with E-state index in [4.69, 9.17) is 9.47 Å². The molecule has 2 fully saturated rings. The van der Waals surface area contributed by atoms with Gasteiger partial charge in [0.15, 0.2) is 0 Å². The predicted octanol–water partition coefficient (Wildman–Crippen LogP) is 2.16. The van der Waals surface area contributed by atoms with E-state index in [9.17, 15) is 0 Å². The Bertz CT molecular complexity index is 690. The van der Waals surface area contributed by atoms with Crippen LogP contribution in [0.2, 0.25) is 0 Å². The van der Waals surface area contributed by atoms with Gasteiger partial charge in [-0.15, -0.1) is 0 Å². The summed E-state index contributed by atoms with van der Waals surface area (Å²) >= 11 is 0. The van der Waals surface area contributed by atoms with Crippen molar-refractivity contribution in [2.75, 3.05) is 19.7 Å². The highest BCUT2D eigenvalue weighted by molar-refractivity contribution is 5.07. The number of pyridine rings is 1. The SMILES string of the molecule is Cn1cc(CN2CCC[C@@]3(C[C@@H](OCc4cccnc4)CO3)C2)cn1. The molecule has 2 atom stereocenters. The summed E-state index contributed by atoms with van der Waals surface area (Å²) in [5.41, 5.74) is 2.34. The molecule has 6 heteroatoms. The van der Waals surface area contributed by atoms with Crippen LogP contribution < -0.4 is 0 Å². The molecular weight excluding hydrogens is 316 g/mol. The first-order chi connectivity index (χ1) is 12.2. The van der Waals surface area contributed by atoms with Gasteiger partial charge in [-0.1, -0.05) is 6.07 Å². The van der Waals surface area contributed by atoms with Crippen LogP contribution in [0.4, 0.5) is 0 Å². The molecule has 134 valence electrons. The summed E-state index contributed by atoms with van der Waals surface area (Å²) in [6.45, 7) is 4.36. The topological polar surface area (TPSA) is 52.4 Å². The van der Waals surface area contributed by atoms with Crippen LogP contribution in [0.1, 0.15) is 30.4 Å². The van der Waals surface area contributed by atoms with Crippen molar-refractivity contribution in [3.8, 4) is 0 Å². The molecule has 2 aromatic heterocycles. The Morgan fingerprint density at radius 2 is 2.32 bits per heavy atom. The van der Waals surface area contributed by atoms with Crippen LogP contribution in [0.15, 0.2) is 36.9 Å². The van der Waals surface area contributed by atoms with Gasteiger partial charge >= 0.3 is 0 Å². The van der Waals surface area contributed by atoms with Gasteiger partial charge in [0, 0.05) is 50.7 Å². The molecule has 0 N–H and O–H groups in total. The van der Waals surface area contributed by atoms with Crippen molar-refractivity contribution in [1.29, 1.82) is 0 Å². The molecule has 0 radical (unpaired) electrons. The van der Waals surface area contributed by atoms with Crippen LogP contribution in [0.5, 0.6) is 0 Å². The molecular formula is C19H26N4O2. The first-order valence-corrected chi connectivity index (χ1v) is 9.05. The smallest absolute Gasteiger partial charge is 0.0841 e. The Kier molecular flexibility index (Phi) is 4.83. The van der Waals surface area contributed by atoms with Crippen LogP contribution in [-0.4, -0.2) is 51.1 Å². The van der Waals surface area contributed by atoms with E-state index in [1.807, 2.05) is 30.2 Å². The first kappa shape index (κ1) is 16.7. The third-order valence-electron chi connectivity index (χ3n) is 5.17. The second-order valence-corrected chi connectivity index (χ2v) is 7.33. The maximum atomic E-state index is 6.25. The van der Waals surface area contributed by atoms with E-state index in [0.29, 0.717) is 13.2 Å². The fraction of sp³-hybridized carbons (Fsp3) is 0.579. The zero-order valence-corrected chi connectivity index (χ0v) is 14.8. The molecule has 4 heterocycles. The fourth-order valence-electron chi connectivity index (χ4n) is 4.03. The van der Waals surface area contributed by atoms with Gasteiger partial charge in [0.1, 0.15) is 0 Å². The van der Waals surface area contributed by atoms with E-state index in [2.05, 4.69) is 27.2 Å². The van der Waals surface area contributed by atoms with Crippen LogP contribution >= 0.6 is 0 Å². The van der Waals surface area contributed by atoms with Gasteiger partial charge in [-0.25, -0.2) is 0 Å². The van der Waals surface area contributed by atoms with Gasteiger partial charge in [0.05, 0.1) is 31.1 Å². The molecule has 2 aliphatic rings. The minimum Gasteiger partial charge on any atom is -0.371 e. The summed E-state index contributed by atoms with van der Waals surface area (Å²) in [5, 5.41) is 4.27. The molecule has 0 aliphatic carbocycles. The number of ether oxygens (including phenoxy) is 2. The lowest BCUT2D eigenvalue weighted by atomic mass is 9.89. The van der Waals surface area contributed by atoms with E-state index in [1.165, 1.54) is 12.0 Å². The maximum absolute atomic E-state index is 6.25. The number of likely N-dealkylation sites (tertiary alicyclic amines) is 1. The van der Waals surface area contributed by atoms with Gasteiger partial charge in [-0.05, 0) is 31.0 Å². The third-order valence-corrected chi connectivity index (χ3v) is 5.17. The number of rotatable bonds is 5. The first-order valence-electron chi connectivity index (χ1n) is 9.05. The molecule has 2 aromatic rings. The molecule has 0 amide bonds. The summed E-state index contributed by atoms with van der Waals surface area (Å²) in [7, 11) is 1.96. The summed E-state index contributed by atoms with van der Waals surface area (Å²) in [6.07, 6.45) is 11.2. The highest BCUT2D eigenvalue weighted by Gasteiger charge is 2.43. The van der Waals surface area contributed by atoms with E-state index >= 15 is 0 Å². The van der Waals surface area contributed by atoms with Crippen LogP contribution in [-0.2, 0) is 29.7 Å². The van der Waals surface area contributed by atoms with Crippen molar-refractivity contribution < 1.29 is 9.47 Å². The number of hydrogen-bond donors (Lipinski definition) is 0. The van der Waals surface area contributed by atoms with Gasteiger partial charge in [-0.2, -0.15) is 5.10 Å². The lowest BCUT2D eigenvalue weighted by Gasteiger charge is -2.39. The molecule has 6 nitrogen and oxygen atoms in total. The van der Waals surface area contributed by atoms with Gasteiger partial charge in [0.2, 0.25) is 0 Å². The Balaban J connectivity index is 1.31. The Hall–Kier alpha value is -1.76. The minimum atomic E-state index is -0.0416. The zero-order valence-electron chi connectivity index (χ0n) is 14.8. The maximum Gasteiger partial charge on any atom is 0.0841 e. The summed E-state index contributed by atoms with van der Waals surface area (Å²) < 4.78 is 14.2. The number of piperidine rings is 1. The minimum absolute atomic E-state index is 0.0416. The van der Waals surface area contributed by atoms with Crippen LogP contribution in [0.25, 0.3) is 0 Å². The van der Waals surface area contributed by atoms with Crippen LogP contribution in [0.3, 0.4) is 0 Å². The van der Waals surface area contributed by atoms with Crippen molar-refractivity contribution in [3.05, 3.63) is 48.0 Å². The Labute approximate surface area is 148 Å². The fourth-order valence-corrected chi connectivity index (χ4v) is 4.03. The summed E-state index contributed by atoms with van der Waals surface area (Å²) in [5.74, 6) is 0. The van der Waals surface area contributed by atoms with Gasteiger partial charge in [-0.3, -0.25) is 14.6 Å². The molecule has 2 saturated heterocycles. The van der Waals surface area contributed by atoms with Gasteiger partial charge < -0.3 is 9.47 Å². The van der Waals surface area contributed by atoms with Crippen molar-refractivity contribution in [3.63, 3.8) is 0 Å². The Morgan fingerprint density at radius 1 is 1.36 bits per heavy atom. The molecule has 25 heavy (non-hydrogen) atoms. The second-order valence-electron chi connectivity index (χ2n) is 7.33. The van der Waals surface area contributed by atoms with E-state index in [1.54, 1.807) is 6.20 Å². The largest absolute Gasteiger partial charge is 0.371 e. The molecule has 0 bridgehead atoms. The van der Waals surface area contributed by atoms with Crippen LogP contribution in [0, 0.1) is 0 Å². The van der Waals surface area contributed by atoms with Crippen molar-refractivity contribution >= 4 is 0 Å². The zero-order chi connectivity index (χ0) is 17.1. The molecule has 2 aliphatic heterocycles. The molecule has 0 saturated carbocycles. The number of aromatic nitrogens is 3. The average Bonchev–Trinajstić information content (AvgIpc) is 3.20. The van der Waals surface area contributed by atoms with E-state index < -0.39 is 0 Å². The lowest BCUT2D eigenvalue weighted by Crippen LogP contribution is -2.47. The Morgan fingerprint density at radius 3 is 3.12 bits per heavy atom. The average molecular weight is 342 g/mol. The standard InChI is InChI=1S/C19H26N4O2/c1-22-11-17(10-21-22)12-23-7-3-5-19(15-23)8-18(14-25-19)24-13-16-4-2-6-20-9-16/h2,4,6,9-11,18H,3,5,7-8,12-15H2,1H3/t18-,19-/m1/s1. The molecule has 0 unspecified atom stereocenters. The molecule has 4 rings (SSSR count). The van der Waals surface area contributed by atoms with E-state index in [-0.39, 0.29) is 11.7 Å². The lowest BCUT2D eigenvalue weighted by molar-refractivity contribution is -0.0548. The summed E-state index contributed by atoms with van der Waals surface area (Å²) in [6, 6.07) is 4.00. The summed E-state index contributed by atoms with van der Waals surface area (Å²) in [4.78, 5) is 6.63. The van der Waals surface area contributed by atoms with Gasteiger partial charge in [0.25, 0.3) is 0 Å². The van der Waals surface area contributed by atoms with Crippen molar-refractivity contribution in [2.24, 2.45) is 7.05 Å². The molecule has 0 aromatic carbocycles. The number of aryl methyl sites for hydroxylation is 1. The highest BCUT2D eigenvalue weighted by Crippen LogP contribution is 2.36. The van der Waals surface area contributed by atoms with Crippen molar-refractivity contribution in [2.45, 2.75) is 44.1 Å². The quantitative estimate of drug-likeness (QED) is 0.833. The second kappa shape index (κ2) is 7.23. The monoisotopic (exact) mass is 342 g/mol. The highest BCUT2D eigenvalue weighted by atomic mass is 16.6. The molecule has 1 spiro atoms. The van der Waals surface area contributed by atoms with E-state index in [0.717, 1.165) is 38.0 Å². The third kappa shape index (κ3) is 4.08. The normalized spacial score (nSPS) is 27.2. The van der Waals surface area contributed by atoms with Crippen molar-refractivity contribution in [1.82, 2.24) is 19.7 Å². The number of hydrogen-bond acceptors (Lipinski definition) is 5. The predicted molar refractivity (Wildman–Crippen MR) is 93.8 cm³/mol.